The Morgan fingerprint density at radius 3 is 2.84 bits per heavy atom. The lowest BCUT2D eigenvalue weighted by molar-refractivity contribution is 0.586. The lowest BCUT2D eigenvalue weighted by Gasteiger charge is -2.06. The number of nitriles is 1. The van der Waals surface area contributed by atoms with Gasteiger partial charge in [-0.2, -0.15) is 5.26 Å². The van der Waals surface area contributed by atoms with Crippen molar-refractivity contribution in [3.8, 4) is 6.07 Å². The van der Waals surface area contributed by atoms with E-state index < -0.39 is 5.82 Å². The molecule has 19 heavy (non-hydrogen) atoms. The van der Waals surface area contributed by atoms with E-state index in [1.165, 1.54) is 10.9 Å². The van der Waals surface area contributed by atoms with Gasteiger partial charge in [-0.1, -0.05) is 12.1 Å². The first-order valence-electron chi connectivity index (χ1n) is 5.83. The highest BCUT2D eigenvalue weighted by Crippen LogP contribution is 2.22. The fourth-order valence-electron chi connectivity index (χ4n) is 1.72. The first-order valence-corrected chi connectivity index (χ1v) is 7.44. The van der Waals surface area contributed by atoms with E-state index in [0.29, 0.717) is 12.1 Å². The van der Waals surface area contributed by atoms with Crippen LogP contribution >= 0.6 is 27.3 Å². The number of benzene rings is 1. The topological polar surface area (TPSA) is 35.8 Å². The molecular formula is C14H12BrFN2S. The average molecular weight is 339 g/mol. The molecule has 1 aromatic carbocycles. The molecule has 1 heterocycles. The van der Waals surface area contributed by atoms with Crippen molar-refractivity contribution in [3.05, 3.63) is 55.9 Å². The van der Waals surface area contributed by atoms with Gasteiger partial charge in [-0.3, -0.25) is 0 Å². The van der Waals surface area contributed by atoms with Crippen LogP contribution in [-0.2, 0) is 13.0 Å². The highest BCUT2D eigenvalue weighted by Gasteiger charge is 2.06. The van der Waals surface area contributed by atoms with Crippen LogP contribution in [-0.4, -0.2) is 6.54 Å². The number of rotatable bonds is 5. The van der Waals surface area contributed by atoms with Crippen molar-refractivity contribution in [2.45, 2.75) is 13.0 Å². The van der Waals surface area contributed by atoms with Gasteiger partial charge in [0.1, 0.15) is 11.9 Å². The number of nitrogens with zero attached hydrogens (tertiary/aromatic N) is 1. The molecule has 0 radical (unpaired) electrons. The Balaban J connectivity index is 1.85. The maximum absolute atomic E-state index is 13.8. The zero-order valence-corrected chi connectivity index (χ0v) is 12.5. The second kappa shape index (κ2) is 6.80. The van der Waals surface area contributed by atoms with Crippen molar-refractivity contribution in [1.82, 2.24) is 5.32 Å². The molecule has 0 spiro atoms. The third-order valence-corrected chi connectivity index (χ3v) is 4.38. The molecule has 0 saturated carbocycles. The Kier molecular flexibility index (Phi) is 5.08. The van der Waals surface area contributed by atoms with Gasteiger partial charge < -0.3 is 5.32 Å². The summed E-state index contributed by atoms with van der Waals surface area (Å²) >= 11 is 5.12. The summed E-state index contributed by atoms with van der Waals surface area (Å²) in [5.41, 5.74) is 0.632. The quantitative estimate of drug-likeness (QED) is 0.840. The Bertz CT molecular complexity index is 604. The molecule has 0 atom stereocenters. The molecule has 0 unspecified atom stereocenters. The van der Waals surface area contributed by atoms with Gasteiger partial charge >= 0.3 is 0 Å². The molecule has 0 aliphatic carbocycles. The number of hydrogen-bond acceptors (Lipinski definition) is 3. The summed E-state index contributed by atoms with van der Waals surface area (Å²) in [4.78, 5) is 1.28. The molecule has 0 saturated heterocycles. The Labute approximate surface area is 124 Å². The third kappa shape index (κ3) is 3.87. The Morgan fingerprint density at radius 2 is 2.16 bits per heavy atom. The minimum absolute atomic E-state index is 0.0986. The van der Waals surface area contributed by atoms with Gasteiger partial charge in [0, 0.05) is 23.5 Å². The van der Waals surface area contributed by atoms with E-state index in [-0.39, 0.29) is 5.56 Å². The van der Waals surface area contributed by atoms with E-state index in [1.54, 1.807) is 23.5 Å². The number of hydrogen-bond donors (Lipinski definition) is 1. The van der Waals surface area contributed by atoms with Crippen LogP contribution in [0.3, 0.4) is 0 Å². The van der Waals surface area contributed by atoms with Crippen LogP contribution < -0.4 is 5.32 Å². The molecule has 2 aromatic rings. The van der Waals surface area contributed by atoms with Crippen LogP contribution in [0.2, 0.25) is 0 Å². The number of thiophene rings is 1. The lowest BCUT2D eigenvalue weighted by Crippen LogP contribution is -2.17. The van der Waals surface area contributed by atoms with Gasteiger partial charge in [-0.25, -0.2) is 4.39 Å². The van der Waals surface area contributed by atoms with Gasteiger partial charge in [-0.05, 0) is 40.5 Å². The van der Waals surface area contributed by atoms with E-state index in [0.717, 1.165) is 16.8 Å². The Hall–Kier alpha value is -1.22. The molecular weight excluding hydrogens is 327 g/mol. The molecule has 2 nitrogen and oxygen atoms in total. The van der Waals surface area contributed by atoms with Gasteiger partial charge in [-0.15, -0.1) is 11.3 Å². The fourth-order valence-corrected chi connectivity index (χ4v) is 3.21. The predicted molar refractivity (Wildman–Crippen MR) is 78.5 cm³/mol. The monoisotopic (exact) mass is 338 g/mol. The second-order valence-electron chi connectivity index (χ2n) is 4.02. The van der Waals surface area contributed by atoms with Crippen LogP contribution in [0.1, 0.15) is 16.0 Å². The average Bonchev–Trinajstić information content (AvgIpc) is 2.82. The van der Waals surface area contributed by atoms with Gasteiger partial charge in [0.2, 0.25) is 0 Å². The molecule has 2 rings (SSSR count). The molecule has 5 heteroatoms. The summed E-state index contributed by atoms with van der Waals surface area (Å²) in [6.07, 6.45) is 0.913. The zero-order chi connectivity index (χ0) is 13.7. The summed E-state index contributed by atoms with van der Waals surface area (Å²) in [5.74, 6) is -0.420. The molecule has 98 valence electrons. The summed E-state index contributed by atoms with van der Waals surface area (Å²) in [5, 5.41) is 11.9. The molecule has 0 aliphatic heterocycles. The molecule has 0 aliphatic rings. The predicted octanol–water partition coefficient (Wildman–Crippen LogP) is 3.85. The minimum Gasteiger partial charge on any atom is -0.312 e. The normalized spacial score (nSPS) is 10.4. The van der Waals surface area contributed by atoms with E-state index in [9.17, 15) is 4.39 Å². The van der Waals surface area contributed by atoms with Crippen molar-refractivity contribution in [3.63, 3.8) is 0 Å². The van der Waals surface area contributed by atoms with E-state index in [1.807, 2.05) is 12.1 Å². The minimum atomic E-state index is -0.420. The van der Waals surface area contributed by atoms with Gasteiger partial charge in [0.25, 0.3) is 0 Å². The zero-order valence-electron chi connectivity index (χ0n) is 10.1. The standard InChI is InChI=1S/C14H12BrFN2S/c15-13-5-4-12(19-13)6-7-18-9-11-3-1-2-10(8-17)14(11)16/h1-5,18H,6-7,9H2. The van der Waals surface area contributed by atoms with Crippen LogP contribution in [0.5, 0.6) is 0 Å². The second-order valence-corrected chi connectivity index (χ2v) is 6.57. The maximum atomic E-state index is 13.8. The highest BCUT2D eigenvalue weighted by molar-refractivity contribution is 9.11. The van der Waals surface area contributed by atoms with Crippen LogP contribution in [0.25, 0.3) is 0 Å². The first-order chi connectivity index (χ1) is 9.20. The highest BCUT2D eigenvalue weighted by atomic mass is 79.9. The molecule has 1 N–H and O–H groups in total. The van der Waals surface area contributed by atoms with Crippen LogP contribution in [0.15, 0.2) is 34.1 Å². The van der Waals surface area contributed by atoms with Crippen LogP contribution in [0.4, 0.5) is 4.39 Å². The fraction of sp³-hybridized carbons (Fsp3) is 0.214. The van der Waals surface area contributed by atoms with E-state index >= 15 is 0 Å². The van der Waals surface area contributed by atoms with Crippen molar-refractivity contribution < 1.29 is 4.39 Å². The summed E-state index contributed by atoms with van der Waals surface area (Å²) < 4.78 is 14.9. The smallest absolute Gasteiger partial charge is 0.145 e. The van der Waals surface area contributed by atoms with Gasteiger partial charge in [0.15, 0.2) is 0 Å². The number of halogens is 2. The summed E-state index contributed by atoms with van der Waals surface area (Å²) in [6.45, 7) is 1.22. The maximum Gasteiger partial charge on any atom is 0.145 e. The lowest BCUT2D eigenvalue weighted by atomic mass is 10.1. The van der Waals surface area contributed by atoms with Crippen molar-refractivity contribution >= 4 is 27.3 Å². The molecule has 0 fully saturated rings. The third-order valence-electron chi connectivity index (χ3n) is 2.69. The Morgan fingerprint density at radius 1 is 1.32 bits per heavy atom. The van der Waals surface area contributed by atoms with Crippen LogP contribution in [0, 0.1) is 17.1 Å². The van der Waals surface area contributed by atoms with E-state index in [2.05, 4.69) is 27.3 Å². The first kappa shape index (κ1) is 14.2. The molecule has 0 amide bonds. The molecule has 0 bridgehead atoms. The summed E-state index contributed by atoms with van der Waals surface area (Å²) in [6, 6.07) is 10.8. The van der Waals surface area contributed by atoms with Crippen molar-refractivity contribution in [2.24, 2.45) is 0 Å². The van der Waals surface area contributed by atoms with E-state index in [4.69, 9.17) is 5.26 Å². The SMILES string of the molecule is N#Cc1cccc(CNCCc2ccc(Br)s2)c1F. The summed E-state index contributed by atoms with van der Waals surface area (Å²) in [7, 11) is 0. The van der Waals surface area contributed by atoms with Crippen molar-refractivity contribution in [1.29, 1.82) is 5.26 Å². The van der Waals surface area contributed by atoms with Gasteiger partial charge in [0.05, 0.1) is 9.35 Å². The largest absolute Gasteiger partial charge is 0.312 e. The number of nitrogens with one attached hydrogen (secondary N) is 1. The van der Waals surface area contributed by atoms with Crippen molar-refractivity contribution in [2.75, 3.05) is 6.54 Å². The molecule has 1 aromatic heterocycles.